The van der Waals surface area contributed by atoms with Crippen molar-refractivity contribution in [3.05, 3.63) is 47.3 Å². The van der Waals surface area contributed by atoms with Crippen molar-refractivity contribution in [3.63, 3.8) is 0 Å². The maximum atomic E-state index is 12.9. The van der Waals surface area contributed by atoms with E-state index in [1.54, 1.807) is 32.0 Å². The van der Waals surface area contributed by atoms with E-state index in [4.69, 9.17) is 10.00 Å². The smallest absolute Gasteiger partial charge is 0.433 e. The highest BCUT2D eigenvalue weighted by Crippen LogP contribution is 2.48. The van der Waals surface area contributed by atoms with Gasteiger partial charge >= 0.3 is 6.18 Å². The number of fused-ring (bicyclic) bond motifs is 1. The summed E-state index contributed by atoms with van der Waals surface area (Å²) in [6.45, 7) is 3.36. The van der Waals surface area contributed by atoms with Gasteiger partial charge in [-0.15, -0.1) is 0 Å². The van der Waals surface area contributed by atoms with E-state index >= 15 is 0 Å². The van der Waals surface area contributed by atoms with Gasteiger partial charge in [-0.1, -0.05) is 11.8 Å². The Morgan fingerprint density at radius 1 is 1.31 bits per heavy atom. The van der Waals surface area contributed by atoms with Crippen LogP contribution in [0.2, 0.25) is 0 Å². The molecule has 1 N–H and O–H groups in total. The van der Waals surface area contributed by atoms with Crippen molar-refractivity contribution in [2.24, 2.45) is 0 Å². The lowest BCUT2D eigenvalue weighted by Crippen LogP contribution is -2.48. The number of aliphatic hydroxyl groups excluding tert-OH is 1. The second-order valence-electron chi connectivity index (χ2n) is 6.28. The third-order valence-electron chi connectivity index (χ3n) is 3.97. The Morgan fingerprint density at radius 2 is 2.04 bits per heavy atom. The zero-order valence-electron chi connectivity index (χ0n) is 13.8. The third-order valence-corrected chi connectivity index (χ3v) is 5.15. The van der Waals surface area contributed by atoms with Crippen LogP contribution >= 0.6 is 11.8 Å². The molecule has 0 saturated carbocycles. The van der Waals surface area contributed by atoms with Crippen molar-refractivity contribution in [1.82, 2.24) is 9.97 Å². The van der Waals surface area contributed by atoms with E-state index < -0.39 is 28.8 Å². The first-order valence-electron chi connectivity index (χ1n) is 7.60. The molecule has 0 aliphatic carbocycles. The van der Waals surface area contributed by atoms with Crippen LogP contribution in [0.15, 0.2) is 35.6 Å². The molecule has 2 atom stereocenters. The average Bonchev–Trinajstić information content (AvgIpc) is 2.58. The summed E-state index contributed by atoms with van der Waals surface area (Å²) in [5, 5.41) is 19.0. The fourth-order valence-corrected chi connectivity index (χ4v) is 3.88. The third kappa shape index (κ3) is 3.48. The molecule has 0 bridgehead atoms. The van der Waals surface area contributed by atoms with E-state index in [9.17, 15) is 18.3 Å². The van der Waals surface area contributed by atoms with Crippen LogP contribution in [0.3, 0.4) is 0 Å². The molecule has 0 spiro atoms. The van der Waals surface area contributed by atoms with Crippen LogP contribution in [0.4, 0.5) is 13.2 Å². The van der Waals surface area contributed by atoms with E-state index in [1.165, 1.54) is 0 Å². The second-order valence-corrected chi connectivity index (χ2v) is 7.38. The normalized spacial score (nSPS) is 21.4. The molecule has 1 aromatic carbocycles. The minimum absolute atomic E-state index is 0.116. The van der Waals surface area contributed by atoms with Gasteiger partial charge < -0.3 is 9.84 Å². The minimum Gasteiger partial charge on any atom is -0.485 e. The van der Waals surface area contributed by atoms with Crippen molar-refractivity contribution in [2.45, 2.75) is 42.1 Å². The first-order chi connectivity index (χ1) is 12.1. The Hall–Kier alpha value is -2.31. The fraction of sp³-hybridized carbons (Fsp3) is 0.353. The number of rotatable bonds is 2. The number of hydrogen-bond acceptors (Lipinski definition) is 6. The van der Waals surface area contributed by atoms with Crippen molar-refractivity contribution in [1.29, 1.82) is 5.26 Å². The molecule has 2 aromatic rings. The Balaban J connectivity index is 2.03. The average molecular weight is 381 g/mol. The Morgan fingerprint density at radius 3 is 2.69 bits per heavy atom. The Labute approximate surface area is 151 Å². The molecule has 3 rings (SSSR count). The van der Waals surface area contributed by atoms with Gasteiger partial charge in [-0.25, -0.2) is 9.97 Å². The van der Waals surface area contributed by atoms with Crippen molar-refractivity contribution >= 4 is 11.8 Å². The summed E-state index contributed by atoms with van der Waals surface area (Å²) in [6, 6.07) is 7.53. The van der Waals surface area contributed by atoms with Gasteiger partial charge in [-0.3, -0.25) is 0 Å². The summed E-state index contributed by atoms with van der Waals surface area (Å²) in [5.41, 5.74) is -1.15. The quantitative estimate of drug-likeness (QED) is 0.799. The topological polar surface area (TPSA) is 79.0 Å². The monoisotopic (exact) mass is 381 g/mol. The molecule has 1 aliphatic heterocycles. The van der Waals surface area contributed by atoms with Crippen molar-refractivity contribution < 1.29 is 23.0 Å². The van der Waals surface area contributed by atoms with Gasteiger partial charge in [-0.05, 0) is 38.1 Å². The first kappa shape index (κ1) is 18.5. The molecule has 0 saturated heterocycles. The van der Waals surface area contributed by atoms with E-state index in [1.807, 2.05) is 6.07 Å². The summed E-state index contributed by atoms with van der Waals surface area (Å²) in [6.07, 6.45) is -4.61. The highest BCUT2D eigenvalue weighted by molar-refractivity contribution is 7.99. The number of halogens is 3. The maximum Gasteiger partial charge on any atom is 0.433 e. The van der Waals surface area contributed by atoms with E-state index in [0.29, 0.717) is 16.9 Å². The van der Waals surface area contributed by atoms with Crippen LogP contribution < -0.4 is 4.74 Å². The summed E-state index contributed by atoms with van der Waals surface area (Å²) in [4.78, 5) is 7.43. The summed E-state index contributed by atoms with van der Waals surface area (Å²) >= 11 is 0.905. The molecule has 1 aliphatic rings. The molecular formula is C17H14F3N3O2S. The minimum atomic E-state index is -4.59. The number of ether oxygens (including phenoxy) is 1. The molecule has 1 aromatic heterocycles. The van der Waals surface area contributed by atoms with E-state index in [2.05, 4.69) is 9.97 Å². The number of nitrogens with zero attached hydrogens (tertiary/aromatic N) is 3. The number of nitriles is 1. The molecule has 26 heavy (non-hydrogen) atoms. The van der Waals surface area contributed by atoms with Gasteiger partial charge in [-0.2, -0.15) is 18.4 Å². The molecule has 5 nitrogen and oxygen atoms in total. The maximum absolute atomic E-state index is 12.9. The van der Waals surface area contributed by atoms with Gasteiger partial charge in [0.15, 0.2) is 5.16 Å². The number of benzene rings is 1. The molecule has 0 amide bonds. The Bertz CT molecular complexity index is 880. The molecular weight excluding hydrogens is 367 g/mol. The fourth-order valence-electron chi connectivity index (χ4n) is 2.61. The standard InChI is InChI=1S/C17H14F3N3O2S/c1-16(2)14(24)13(10-7-9(8-21)3-4-11(10)25-16)26-15-22-6-5-12(23-15)17(18,19)20/h3-7,13-14,24H,1-2H3/t13-,14-/m1/s1. The molecule has 0 unspecified atom stereocenters. The number of thioether (sulfide) groups is 1. The second kappa shape index (κ2) is 6.45. The van der Waals surface area contributed by atoms with Gasteiger partial charge in [0.2, 0.25) is 0 Å². The lowest BCUT2D eigenvalue weighted by molar-refractivity contribution is -0.141. The predicted octanol–water partition coefficient (Wildman–Crippen LogP) is 3.73. The summed E-state index contributed by atoms with van der Waals surface area (Å²) < 4.78 is 44.4. The number of alkyl halides is 3. The van der Waals surface area contributed by atoms with Crippen LogP contribution in [-0.2, 0) is 6.18 Å². The highest BCUT2D eigenvalue weighted by atomic mass is 32.2. The molecule has 0 fully saturated rings. The summed E-state index contributed by atoms with van der Waals surface area (Å²) in [7, 11) is 0. The number of hydrogen-bond donors (Lipinski definition) is 1. The highest BCUT2D eigenvalue weighted by Gasteiger charge is 2.44. The molecule has 0 radical (unpaired) electrons. The van der Waals surface area contributed by atoms with Crippen molar-refractivity contribution in [2.75, 3.05) is 0 Å². The SMILES string of the molecule is CC1(C)Oc2ccc(C#N)cc2[C@@H](Sc2nccc(C(F)(F)F)n2)[C@H]1O. The molecule has 136 valence electrons. The number of aliphatic hydroxyl groups is 1. The number of aromatic nitrogens is 2. The van der Waals surface area contributed by atoms with Crippen LogP contribution in [0.25, 0.3) is 0 Å². The molecule has 9 heteroatoms. The lowest BCUT2D eigenvalue weighted by Gasteiger charge is -2.41. The lowest BCUT2D eigenvalue weighted by atomic mass is 9.90. The van der Waals surface area contributed by atoms with E-state index in [-0.39, 0.29) is 5.16 Å². The Kier molecular flexibility index (Phi) is 4.58. The predicted molar refractivity (Wildman–Crippen MR) is 87.5 cm³/mol. The van der Waals surface area contributed by atoms with Crippen LogP contribution in [0, 0.1) is 11.3 Å². The van der Waals surface area contributed by atoms with Crippen molar-refractivity contribution in [3.8, 4) is 11.8 Å². The van der Waals surface area contributed by atoms with Crippen LogP contribution in [0.5, 0.6) is 5.75 Å². The van der Waals surface area contributed by atoms with E-state index in [0.717, 1.165) is 24.0 Å². The van der Waals surface area contributed by atoms with Gasteiger partial charge in [0.1, 0.15) is 23.1 Å². The first-order valence-corrected chi connectivity index (χ1v) is 8.48. The van der Waals surface area contributed by atoms with Crippen LogP contribution in [-0.4, -0.2) is 26.8 Å². The summed E-state index contributed by atoms with van der Waals surface area (Å²) in [5.74, 6) is 0.462. The van der Waals surface area contributed by atoms with Gasteiger partial charge in [0.25, 0.3) is 0 Å². The largest absolute Gasteiger partial charge is 0.485 e. The molecule has 2 heterocycles. The van der Waals surface area contributed by atoms with Gasteiger partial charge in [0.05, 0.1) is 16.9 Å². The van der Waals surface area contributed by atoms with Crippen LogP contribution in [0.1, 0.15) is 35.9 Å². The zero-order chi connectivity index (χ0) is 19.1. The zero-order valence-corrected chi connectivity index (χ0v) is 14.6. The van der Waals surface area contributed by atoms with Gasteiger partial charge in [0, 0.05) is 11.8 Å².